The predicted molar refractivity (Wildman–Crippen MR) is 96.1 cm³/mol. The molecular formula is C20H14F5N3O3. The lowest BCUT2D eigenvalue weighted by atomic mass is 9.97. The van der Waals surface area contributed by atoms with Gasteiger partial charge in [0.1, 0.15) is 11.6 Å². The van der Waals surface area contributed by atoms with Crippen molar-refractivity contribution >= 4 is 5.91 Å². The summed E-state index contributed by atoms with van der Waals surface area (Å²) in [5, 5.41) is 6.74. The predicted octanol–water partition coefficient (Wildman–Crippen LogP) is 4.79. The van der Waals surface area contributed by atoms with Crippen molar-refractivity contribution in [1.82, 2.24) is 15.1 Å². The maximum Gasteiger partial charge on any atom is 0.314 e. The number of carbonyl (C=O) groups is 1. The van der Waals surface area contributed by atoms with E-state index in [-0.39, 0.29) is 28.3 Å². The Kier molecular flexibility index (Phi) is 5.11. The van der Waals surface area contributed by atoms with E-state index >= 15 is 0 Å². The minimum atomic E-state index is -2.97. The molecule has 0 spiro atoms. The van der Waals surface area contributed by atoms with Crippen LogP contribution < -0.4 is 4.74 Å². The van der Waals surface area contributed by atoms with Gasteiger partial charge >= 0.3 is 6.43 Å². The van der Waals surface area contributed by atoms with Gasteiger partial charge in [0.15, 0.2) is 0 Å². The van der Waals surface area contributed by atoms with Gasteiger partial charge in [0, 0.05) is 11.1 Å². The average Bonchev–Trinajstić information content (AvgIpc) is 3.22. The summed E-state index contributed by atoms with van der Waals surface area (Å²) in [5.74, 6) is -2.41. The van der Waals surface area contributed by atoms with E-state index in [1.54, 1.807) is 0 Å². The average molecular weight is 439 g/mol. The molecule has 1 aromatic heterocycles. The van der Waals surface area contributed by atoms with Crippen LogP contribution >= 0.6 is 0 Å². The van der Waals surface area contributed by atoms with Crippen LogP contribution in [0.3, 0.4) is 0 Å². The molecule has 1 aliphatic rings. The van der Waals surface area contributed by atoms with Crippen LogP contribution in [-0.2, 0) is 5.72 Å². The van der Waals surface area contributed by atoms with Gasteiger partial charge in [-0.1, -0.05) is 12.1 Å². The fourth-order valence-electron chi connectivity index (χ4n) is 3.34. The molecule has 1 aliphatic heterocycles. The Balaban J connectivity index is 1.78. The summed E-state index contributed by atoms with van der Waals surface area (Å²) in [6.07, 6.45) is -5.84. The summed E-state index contributed by atoms with van der Waals surface area (Å²) in [4.78, 5) is 14.0. The lowest BCUT2D eigenvalue weighted by Gasteiger charge is -2.45. The number of hydrogen-bond acceptors (Lipinski definition) is 5. The summed E-state index contributed by atoms with van der Waals surface area (Å²) in [5.41, 5.74) is -1.30. The summed E-state index contributed by atoms with van der Waals surface area (Å²) < 4.78 is 76.2. The Morgan fingerprint density at radius 1 is 1.06 bits per heavy atom. The van der Waals surface area contributed by atoms with Crippen molar-refractivity contribution < 1.29 is 35.9 Å². The first-order chi connectivity index (χ1) is 14.7. The highest BCUT2D eigenvalue weighted by molar-refractivity contribution is 5.99. The molecular weight excluding hydrogens is 425 g/mol. The lowest BCUT2D eigenvalue weighted by molar-refractivity contribution is -0.0862. The Bertz CT molecular complexity index is 1120. The number of benzene rings is 2. The first-order valence-corrected chi connectivity index (χ1v) is 9.00. The quantitative estimate of drug-likeness (QED) is 0.535. The molecule has 2 aromatic carbocycles. The van der Waals surface area contributed by atoms with E-state index in [1.807, 2.05) is 0 Å². The van der Waals surface area contributed by atoms with Crippen LogP contribution in [-0.4, -0.2) is 34.0 Å². The number of carbonyl (C=O) groups excluding carboxylic acids is 1. The van der Waals surface area contributed by atoms with Gasteiger partial charge in [-0.2, -0.15) is 8.78 Å². The minimum absolute atomic E-state index is 0.0692. The molecule has 0 N–H and O–H groups in total. The van der Waals surface area contributed by atoms with Gasteiger partial charge in [-0.25, -0.2) is 13.2 Å². The summed E-state index contributed by atoms with van der Waals surface area (Å²) >= 11 is 0. The lowest BCUT2D eigenvalue weighted by Crippen LogP contribution is -2.55. The van der Waals surface area contributed by atoms with Crippen molar-refractivity contribution in [2.24, 2.45) is 0 Å². The number of fused-ring (bicyclic) bond motifs is 1. The Morgan fingerprint density at radius 2 is 1.77 bits per heavy atom. The van der Waals surface area contributed by atoms with Gasteiger partial charge < -0.3 is 9.15 Å². The molecule has 1 unspecified atom stereocenters. The highest BCUT2D eigenvalue weighted by Crippen LogP contribution is 2.41. The molecule has 11 heteroatoms. The zero-order valence-corrected chi connectivity index (χ0v) is 15.9. The molecule has 0 fully saturated rings. The number of aromatic nitrogens is 2. The molecule has 0 radical (unpaired) electrons. The normalized spacial score (nSPS) is 18.5. The van der Waals surface area contributed by atoms with Crippen molar-refractivity contribution in [2.45, 2.75) is 25.5 Å². The van der Waals surface area contributed by atoms with E-state index < -0.39 is 42.7 Å². The highest BCUT2D eigenvalue weighted by Gasteiger charge is 2.46. The molecule has 1 atom stereocenters. The molecule has 1 amide bonds. The second-order valence-corrected chi connectivity index (χ2v) is 6.86. The van der Waals surface area contributed by atoms with Gasteiger partial charge in [0.05, 0.1) is 12.1 Å². The minimum Gasteiger partial charge on any atom is -0.463 e. The van der Waals surface area contributed by atoms with Crippen LogP contribution in [0.4, 0.5) is 22.0 Å². The second-order valence-electron chi connectivity index (χ2n) is 6.86. The van der Waals surface area contributed by atoms with Gasteiger partial charge in [-0.05, 0) is 37.3 Å². The van der Waals surface area contributed by atoms with Gasteiger partial charge in [0.25, 0.3) is 18.2 Å². The smallest absolute Gasteiger partial charge is 0.314 e. The maximum atomic E-state index is 13.4. The maximum absolute atomic E-state index is 13.4. The number of amides is 1. The zero-order valence-electron chi connectivity index (χ0n) is 15.9. The standard InChI is InChI=1S/C20H14F5N3O3/c1-20(11-3-5-12(21)6-4-11)28(9-15(22)23)19(29)13-8-10(2-7-14(13)31-20)17-26-27-18(30-17)16(24)25/h2-8,15-16H,9H2,1H3. The largest absolute Gasteiger partial charge is 0.463 e. The number of alkyl halides is 4. The van der Waals surface area contributed by atoms with Crippen molar-refractivity contribution in [2.75, 3.05) is 6.54 Å². The molecule has 0 aliphatic carbocycles. The fourth-order valence-corrected chi connectivity index (χ4v) is 3.34. The van der Waals surface area contributed by atoms with Crippen molar-refractivity contribution in [3.63, 3.8) is 0 Å². The van der Waals surface area contributed by atoms with Crippen LogP contribution in [0.2, 0.25) is 0 Å². The molecule has 6 nitrogen and oxygen atoms in total. The van der Waals surface area contributed by atoms with E-state index in [2.05, 4.69) is 10.2 Å². The first kappa shape index (κ1) is 20.8. The topological polar surface area (TPSA) is 68.5 Å². The molecule has 0 saturated carbocycles. The van der Waals surface area contributed by atoms with E-state index in [4.69, 9.17) is 9.15 Å². The molecule has 2 heterocycles. The van der Waals surface area contributed by atoms with Crippen LogP contribution in [0, 0.1) is 5.82 Å². The first-order valence-electron chi connectivity index (χ1n) is 9.00. The monoisotopic (exact) mass is 439 g/mol. The third kappa shape index (κ3) is 3.71. The third-order valence-electron chi connectivity index (χ3n) is 4.85. The molecule has 3 aromatic rings. The second kappa shape index (κ2) is 7.64. The van der Waals surface area contributed by atoms with Crippen molar-refractivity contribution in [3.05, 3.63) is 65.3 Å². The van der Waals surface area contributed by atoms with E-state index in [9.17, 15) is 26.7 Å². The Hall–Kier alpha value is -3.50. The molecule has 0 bridgehead atoms. The van der Waals surface area contributed by atoms with Gasteiger partial charge in [0.2, 0.25) is 11.6 Å². The van der Waals surface area contributed by atoms with Gasteiger partial charge in [-0.3, -0.25) is 9.69 Å². The molecule has 31 heavy (non-hydrogen) atoms. The van der Waals surface area contributed by atoms with Gasteiger partial charge in [-0.15, -0.1) is 10.2 Å². The van der Waals surface area contributed by atoms with Crippen LogP contribution in [0.15, 0.2) is 46.9 Å². The molecule has 4 rings (SSSR count). The van der Waals surface area contributed by atoms with Crippen LogP contribution in [0.1, 0.15) is 35.2 Å². The van der Waals surface area contributed by atoms with E-state index in [0.717, 1.165) is 17.0 Å². The number of nitrogens with zero attached hydrogens (tertiary/aromatic N) is 3. The van der Waals surface area contributed by atoms with Crippen molar-refractivity contribution in [1.29, 1.82) is 0 Å². The molecule has 0 saturated heterocycles. The van der Waals surface area contributed by atoms with Crippen LogP contribution in [0.25, 0.3) is 11.5 Å². The van der Waals surface area contributed by atoms with Crippen LogP contribution in [0.5, 0.6) is 5.75 Å². The summed E-state index contributed by atoms with van der Waals surface area (Å²) in [6, 6.07) is 8.95. The van der Waals surface area contributed by atoms with E-state index in [0.29, 0.717) is 0 Å². The summed E-state index contributed by atoms with van der Waals surface area (Å²) in [6.45, 7) is 0.469. The Labute approximate surface area is 172 Å². The van der Waals surface area contributed by atoms with E-state index in [1.165, 1.54) is 37.3 Å². The number of rotatable bonds is 5. The number of halogens is 5. The number of ether oxygens (including phenoxy) is 1. The zero-order chi connectivity index (χ0) is 22.3. The molecule has 162 valence electrons. The Morgan fingerprint density at radius 3 is 2.39 bits per heavy atom. The number of hydrogen-bond donors (Lipinski definition) is 0. The highest BCUT2D eigenvalue weighted by atomic mass is 19.3. The third-order valence-corrected chi connectivity index (χ3v) is 4.85. The SMILES string of the molecule is CC1(c2ccc(F)cc2)Oc2ccc(-c3nnc(C(F)F)o3)cc2C(=O)N1CC(F)F. The fraction of sp³-hybridized carbons (Fsp3) is 0.250. The summed E-state index contributed by atoms with van der Waals surface area (Å²) in [7, 11) is 0. The van der Waals surface area contributed by atoms with Crippen molar-refractivity contribution in [3.8, 4) is 17.2 Å².